The van der Waals surface area contributed by atoms with Crippen molar-refractivity contribution >= 4 is 0 Å². The zero-order valence-corrected chi connectivity index (χ0v) is 13.1. The normalized spacial score (nSPS) is 11.1. The summed E-state index contributed by atoms with van der Waals surface area (Å²) in [5, 5.41) is 12.2. The van der Waals surface area contributed by atoms with Crippen LogP contribution in [0.15, 0.2) is 18.2 Å². The SMILES string of the molecule is Cc1cccc(CNC(C)C)c1OCCCCCCO. The summed E-state index contributed by atoms with van der Waals surface area (Å²) in [6.07, 6.45) is 4.14. The van der Waals surface area contributed by atoms with E-state index in [9.17, 15) is 0 Å². The molecule has 0 saturated carbocycles. The zero-order valence-electron chi connectivity index (χ0n) is 13.1. The molecule has 1 aromatic rings. The van der Waals surface area contributed by atoms with Crippen LogP contribution in [0.1, 0.15) is 50.7 Å². The molecule has 0 bridgehead atoms. The number of aryl methyl sites for hydroxylation is 1. The third kappa shape index (κ3) is 6.40. The Morgan fingerprint density at radius 3 is 2.60 bits per heavy atom. The standard InChI is InChI=1S/C17H29NO2/c1-14(2)18-13-16-10-8-9-15(3)17(16)20-12-7-5-4-6-11-19/h8-10,14,18-19H,4-7,11-13H2,1-3H3. The first-order chi connectivity index (χ1) is 9.65. The van der Waals surface area contributed by atoms with Crippen molar-refractivity contribution in [1.29, 1.82) is 0 Å². The molecule has 0 spiro atoms. The number of unbranched alkanes of at least 4 members (excludes halogenated alkanes) is 3. The van der Waals surface area contributed by atoms with Crippen LogP contribution >= 0.6 is 0 Å². The van der Waals surface area contributed by atoms with E-state index in [1.165, 1.54) is 11.1 Å². The predicted molar refractivity (Wildman–Crippen MR) is 84.2 cm³/mol. The number of para-hydroxylation sites is 1. The number of aliphatic hydroxyl groups excluding tert-OH is 1. The number of benzene rings is 1. The van der Waals surface area contributed by atoms with Gasteiger partial charge in [-0.25, -0.2) is 0 Å². The summed E-state index contributed by atoms with van der Waals surface area (Å²) in [4.78, 5) is 0. The summed E-state index contributed by atoms with van der Waals surface area (Å²) in [5.74, 6) is 1.03. The Balaban J connectivity index is 2.46. The molecule has 0 saturated heterocycles. The van der Waals surface area contributed by atoms with E-state index >= 15 is 0 Å². The van der Waals surface area contributed by atoms with E-state index in [1.54, 1.807) is 0 Å². The minimum Gasteiger partial charge on any atom is -0.493 e. The molecule has 0 fully saturated rings. The van der Waals surface area contributed by atoms with Crippen LogP contribution in [0.4, 0.5) is 0 Å². The Bertz CT molecular complexity index is 377. The maximum absolute atomic E-state index is 8.74. The van der Waals surface area contributed by atoms with Gasteiger partial charge >= 0.3 is 0 Å². The number of hydrogen-bond donors (Lipinski definition) is 2. The van der Waals surface area contributed by atoms with Crippen LogP contribution in [0.25, 0.3) is 0 Å². The van der Waals surface area contributed by atoms with Gasteiger partial charge in [0.1, 0.15) is 5.75 Å². The fourth-order valence-corrected chi connectivity index (χ4v) is 2.11. The highest BCUT2D eigenvalue weighted by atomic mass is 16.5. The van der Waals surface area contributed by atoms with Crippen LogP contribution in [-0.2, 0) is 6.54 Å². The fourth-order valence-electron chi connectivity index (χ4n) is 2.11. The molecule has 0 atom stereocenters. The summed E-state index contributed by atoms with van der Waals surface area (Å²) < 4.78 is 5.98. The van der Waals surface area contributed by atoms with E-state index in [-0.39, 0.29) is 0 Å². The van der Waals surface area contributed by atoms with Crippen molar-refractivity contribution < 1.29 is 9.84 Å². The monoisotopic (exact) mass is 279 g/mol. The summed E-state index contributed by atoms with van der Waals surface area (Å²) in [6, 6.07) is 6.78. The lowest BCUT2D eigenvalue weighted by Gasteiger charge is -2.16. The average molecular weight is 279 g/mol. The van der Waals surface area contributed by atoms with E-state index in [1.807, 2.05) is 0 Å². The molecule has 0 unspecified atom stereocenters. The first-order valence-electron chi connectivity index (χ1n) is 7.70. The van der Waals surface area contributed by atoms with Gasteiger partial charge < -0.3 is 15.2 Å². The molecule has 0 aromatic heterocycles. The molecule has 0 heterocycles. The predicted octanol–water partition coefficient (Wildman–Crippen LogP) is 3.42. The minimum absolute atomic E-state index is 0.295. The Morgan fingerprint density at radius 2 is 1.90 bits per heavy atom. The maximum Gasteiger partial charge on any atom is 0.126 e. The van der Waals surface area contributed by atoms with E-state index in [0.29, 0.717) is 12.6 Å². The van der Waals surface area contributed by atoms with Gasteiger partial charge in [-0.2, -0.15) is 0 Å². The number of rotatable bonds is 10. The number of aliphatic hydroxyl groups is 1. The lowest BCUT2D eigenvalue weighted by Crippen LogP contribution is -2.22. The summed E-state index contributed by atoms with van der Waals surface area (Å²) in [6.45, 7) is 8.29. The Morgan fingerprint density at radius 1 is 1.15 bits per heavy atom. The fraction of sp³-hybridized carbons (Fsp3) is 0.647. The molecule has 1 rings (SSSR count). The Labute approximate surface area is 123 Å². The van der Waals surface area contributed by atoms with Crippen molar-refractivity contribution in [3.05, 3.63) is 29.3 Å². The number of hydrogen-bond acceptors (Lipinski definition) is 3. The molecule has 1 aromatic carbocycles. The van der Waals surface area contributed by atoms with Gasteiger partial charge in [0.05, 0.1) is 6.61 Å². The molecular weight excluding hydrogens is 250 g/mol. The van der Waals surface area contributed by atoms with Crippen LogP contribution in [0, 0.1) is 6.92 Å². The molecule has 0 radical (unpaired) electrons. The van der Waals surface area contributed by atoms with Crippen LogP contribution in [-0.4, -0.2) is 24.4 Å². The van der Waals surface area contributed by atoms with Crippen LogP contribution < -0.4 is 10.1 Å². The highest BCUT2D eigenvalue weighted by Gasteiger charge is 2.07. The molecule has 0 aliphatic heterocycles. The molecular formula is C17H29NO2. The second-order valence-corrected chi connectivity index (χ2v) is 5.59. The third-order valence-electron chi connectivity index (χ3n) is 3.29. The van der Waals surface area contributed by atoms with Crippen LogP contribution in [0.2, 0.25) is 0 Å². The molecule has 3 nitrogen and oxygen atoms in total. The van der Waals surface area contributed by atoms with Crippen molar-refractivity contribution in [3.8, 4) is 5.75 Å². The summed E-state index contributed by atoms with van der Waals surface area (Å²) in [5.41, 5.74) is 2.43. The lowest BCUT2D eigenvalue weighted by molar-refractivity contribution is 0.272. The summed E-state index contributed by atoms with van der Waals surface area (Å²) >= 11 is 0. The van der Waals surface area contributed by atoms with Crippen molar-refractivity contribution in [2.24, 2.45) is 0 Å². The lowest BCUT2D eigenvalue weighted by atomic mass is 10.1. The minimum atomic E-state index is 0.295. The highest BCUT2D eigenvalue weighted by Crippen LogP contribution is 2.23. The molecule has 20 heavy (non-hydrogen) atoms. The smallest absolute Gasteiger partial charge is 0.126 e. The van der Waals surface area contributed by atoms with Crippen molar-refractivity contribution in [2.45, 2.75) is 59.0 Å². The molecule has 0 amide bonds. The molecule has 0 aliphatic carbocycles. The Hall–Kier alpha value is -1.06. The first kappa shape index (κ1) is 17.0. The second-order valence-electron chi connectivity index (χ2n) is 5.59. The van der Waals surface area contributed by atoms with E-state index < -0.39 is 0 Å². The van der Waals surface area contributed by atoms with Crippen LogP contribution in [0.5, 0.6) is 5.75 Å². The zero-order chi connectivity index (χ0) is 14.8. The summed E-state index contributed by atoms with van der Waals surface area (Å²) in [7, 11) is 0. The first-order valence-corrected chi connectivity index (χ1v) is 7.70. The third-order valence-corrected chi connectivity index (χ3v) is 3.29. The van der Waals surface area contributed by atoms with Crippen molar-refractivity contribution in [2.75, 3.05) is 13.2 Å². The van der Waals surface area contributed by atoms with Crippen molar-refractivity contribution in [3.63, 3.8) is 0 Å². The maximum atomic E-state index is 8.74. The van der Waals surface area contributed by atoms with Gasteiger partial charge in [0, 0.05) is 24.8 Å². The van der Waals surface area contributed by atoms with Gasteiger partial charge in [0.25, 0.3) is 0 Å². The number of nitrogens with one attached hydrogen (secondary N) is 1. The second kappa shape index (κ2) is 9.78. The quantitative estimate of drug-likeness (QED) is 0.645. The van der Waals surface area contributed by atoms with Gasteiger partial charge in [0.2, 0.25) is 0 Å². The van der Waals surface area contributed by atoms with Gasteiger partial charge in [-0.3, -0.25) is 0 Å². The van der Waals surface area contributed by atoms with Gasteiger partial charge in [-0.15, -0.1) is 0 Å². The van der Waals surface area contributed by atoms with Gasteiger partial charge in [-0.05, 0) is 31.7 Å². The van der Waals surface area contributed by atoms with Gasteiger partial charge in [-0.1, -0.05) is 38.5 Å². The van der Waals surface area contributed by atoms with E-state index in [0.717, 1.165) is 44.6 Å². The van der Waals surface area contributed by atoms with E-state index in [4.69, 9.17) is 9.84 Å². The largest absolute Gasteiger partial charge is 0.493 e. The number of ether oxygens (including phenoxy) is 1. The molecule has 3 heteroatoms. The van der Waals surface area contributed by atoms with Gasteiger partial charge in [0.15, 0.2) is 0 Å². The van der Waals surface area contributed by atoms with E-state index in [2.05, 4.69) is 44.3 Å². The molecule has 2 N–H and O–H groups in total. The van der Waals surface area contributed by atoms with Crippen LogP contribution in [0.3, 0.4) is 0 Å². The Kier molecular flexibility index (Phi) is 8.31. The van der Waals surface area contributed by atoms with Crippen molar-refractivity contribution in [1.82, 2.24) is 5.32 Å². The average Bonchev–Trinajstić information content (AvgIpc) is 2.42. The molecule has 0 aliphatic rings. The molecule has 114 valence electrons. The topological polar surface area (TPSA) is 41.5 Å². The highest BCUT2D eigenvalue weighted by molar-refractivity contribution is 5.40.